The topological polar surface area (TPSA) is 119 Å². The van der Waals surface area contributed by atoms with E-state index in [9.17, 15) is 22.8 Å². The molecule has 2 atom stereocenters. The highest BCUT2D eigenvalue weighted by atomic mass is 32.2. The Kier molecular flexibility index (Phi) is 7.71. The number of ether oxygens (including phenoxy) is 1. The second-order valence-corrected chi connectivity index (χ2v) is 8.64. The van der Waals surface area contributed by atoms with E-state index < -0.39 is 33.9 Å². The van der Waals surface area contributed by atoms with Crippen molar-refractivity contribution in [1.29, 1.82) is 0 Å². The van der Waals surface area contributed by atoms with Gasteiger partial charge in [0.2, 0.25) is 15.8 Å². The van der Waals surface area contributed by atoms with Gasteiger partial charge in [0.1, 0.15) is 0 Å². The zero-order valence-corrected chi connectivity index (χ0v) is 17.7. The van der Waals surface area contributed by atoms with Gasteiger partial charge in [0, 0.05) is 22.9 Å². The first kappa shape index (κ1) is 23.1. The Morgan fingerprint density at radius 3 is 2.10 bits per heavy atom. The molecule has 0 aliphatic carbocycles. The predicted molar refractivity (Wildman–Crippen MR) is 113 cm³/mol. The number of benzene rings is 2. The summed E-state index contributed by atoms with van der Waals surface area (Å²) >= 11 is 0. The molecular formula is C21H24N2O6S. The van der Waals surface area contributed by atoms with E-state index in [0.29, 0.717) is 11.3 Å². The lowest BCUT2D eigenvalue weighted by Crippen LogP contribution is -2.35. The summed E-state index contributed by atoms with van der Waals surface area (Å²) in [5, 5.41) is 2.71. The first-order chi connectivity index (χ1) is 14.0. The summed E-state index contributed by atoms with van der Waals surface area (Å²) in [4.78, 5) is 36.7. The summed E-state index contributed by atoms with van der Waals surface area (Å²) in [6.07, 6.45) is -0.0900. The Labute approximate surface area is 175 Å². The monoisotopic (exact) mass is 432 g/mol. The van der Waals surface area contributed by atoms with Crippen LogP contribution in [-0.4, -0.2) is 44.5 Å². The maximum Gasteiger partial charge on any atom is 0.308 e. The molecule has 2 rings (SSSR count). The summed E-state index contributed by atoms with van der Waals surface area (Å²) in [5.41, 5.74) is 1.08. The number of esters is 1. The van der Waals surface area contributed by atoms with Gasteiger partial charge in [0.25, 0.3) is 5.91 Å². The Morgan fingerprint density at radius 1 is 0.933 bits per heavy atom. The number of carbonyl (C=O) groups is 3. The summed E-state index contributed by atoms with van der Waals surface area (Å²) in [6, 6.07) is 13.9. The van der Waals surface area contributed by atoms with E-state index in [1.165, 1.54) is 31.2 Å². The van der Waals surface area contributed by atoms with Crippen molar-refractivity contribution < 1.29 is 27.5 Å². The number of sulfonamides is 1. The highest BCUT2D eigenvalue weighted by Gasteiger charge is 2.21. The van der Waals surface area contributed by atoms with E-state index in [1.54, 1.807) is 37.3 Å². The van der Waals surface area contributed by atoms with E-state index in [0.717, 1.165) is 6.26 Å². The number of carbonyl (C=O) groups excluding carboxylic acids is 3. The van der Waals surface area contributed by atoms with E-state index >= 15 is 0 Å². The van der Waals surface area contributed by atoms with Crippen LogP contribution in [0.3, 0.4) is 0 Å². The van der Waals surface area contributed by atoms with Gasteiger partial charge in [-0.15, -0.1) is 0 Å². The van der Waals surface area contributed by atoms with Crippen LogP contribution in [0.15, 0.2) is 54.6 Å². The van der Waals surface area contributed by atoms with Crippen molar-refractivity contribution in [2.75, 3.05) is 11.0 Å². The number of ketones is 1. The highest BCUT2D eigenvalue weighted by molar-refractivity contribution is 7.92. The van der Waals surface area contributed by atoms with E-state index in [4.69, 9.17) is 4.74 Å². The standard InChI is InChI=1S/C21H24N2O6S/c1-14(22-21(26)17-7-5-4-6-8-17)13-19(24)29-15(2)20(25)16-9-11-18(12-10-16)23-30(3,27)28/h4-12,14-15,23H,13H2,1-3H3,(H,22,26). The molecule has 2 aromatic rings. The van der Waals surface area contributed by atoms with Crippen molar-refractivity contribution in [3.05, 3.63) is 65.7 Å². The molecule has 0 aliphatic rings. The molecule has 0 saturated heterocycles. The van der Waals surface area contributed by atoms with Crippen LogP contribution in [-0.2, 0) is 19.6 Å². The zero-order valence-electron chi connectivity index (χ0n) is 16.9. The lowest BCUT2D eigenvalue weighted by atomic mass is 10.1. The number of nitrogens with one attached hydrogen (secondary N) is 2. The van der Waals surface area contributed by atoms with E-state index in [1.807, 2.05) is 0 Å². The highest BCUT2D eigenvalue weighted by Crippen LogP contribution is 2.14. The molecule has 0 fully saturated rings. The SMILES string of the molecule is CC(CC(=O)OC(C)C(=O)c1ccc(NS(C)(=O)=O)cc1)NC(=O)c1ccccc1. The molecule has 2 aromatic carbocycles. The molecule has 8 nitrogen and oxygen atoms in total. The molecule has 30 heavy (non-hydrogen) atoms. The number of rotatable bonds is 9. The fourth-order valence-electron chi connectivity index (χ4n) is 2.65. The van der Waals surface area contributed by atoms with Crippen LogP contribution in [0.2, 0.25) is 0 Å². The van der Waals surface area contributed by atoms with Gasteiger partial charge < -0.3 is 10.1 Å². The van der Waals surface area contributed by atoms with Crippen molar-refractivity contribution in [2.24, 2.45) is 0 Å². The number of hydrogen-bond acceptors (Lipinski definition) is 6. The van der Waals surface area contributed by atoms with Crippen LogP contribution >= 0.6 is 0 Å². The van der Waals surface area contributed by atoms with E-state index in [-0.39, 0.29) is 17.9 Å². The zero-order chi connectivity index (χ0) is 22.3. The molecule has 0 radical (unpaired) electrons. The average molecular weight is 432 g/mol. The summed E-state index contributed by atoms with van der Waals surface area (Å²) < 4.78 is 29.9. The van der Waals surface area contributed by atoms with Crippen LogP contribution < -0.4 is 10.0 Å². The molecule has 2 N–H and O–H groups in total. The van der Waals surface area contributed by atoms with Crippen molar-refractivity contribution in [2.45, 2.75) is 32.4 Å². The van der Waals surface area contributed by atoms with Gasteiger partial charge in [0.05, 0.1) is 12.7 Å². The second kappa shape index (κ2) is 10.0. The molecule has 1 amide bonds. The minimum absolute atomic E-state index is 0.0899. The third-order valence-electron chi connectivity index (χ3n) is 4.04. The van der Waals surface area contributed by atoms with Gasteiger partial charge in [0.15, 0.2) is 6.10 Å². The van der Waals surface area contributed by atoms with Gasteiger partial charge in [-0.3, -0.25) is 19.1 Å². The third-order valence-corrected chi connectivity index (χ3v) is 4.64. The van der Waals surface area contributed by atoms with Crippen LogP contribution in [0.5, 0.6) is 0 Å². The molecule has 0 spiro atoms. The molecule has 0 aliphatic heterocycles. The van der Waals surface area contributed by atoms with Gasteiger partial charge in [-0.05, 0) is 50.2 Å². The molecule has 2 unspecified atom stereocenters. The van der Waals surface area contributed by atoms with Gasteiger partial charge in [-0.2, -0.15) is 0 Å². The second-order valence-electron chi connectivity index (χ2n) is 6.89. The molecule has 160 valence electrons. The molecule has 9 heteroatoms. The van der Waals surface area contributed by atoms with Gasteiger partial charge >= 0.3 is 5.97 Å². The fourth-order valence-corrected chi connectivity index (χ4v) is 3.21. The lowest BCUT2D eigenvalue weighted by molar-refractivity contribution is -0.146. The molecule has 0 heterocycles. The minimum atomic E-state index is -3.41. The number of anilines is 1. The molecule has 0 bridgehead atoms. The molecular weight excluding hydrogens is 408 g/mol. The van der Waals surface area contributed by atoms with Crippen LogP contribution in [0.1, 0.15) is 41.0 Å². The molecule has 0 saturated carbocycles. The Morgan fingerprint density at radius 2 is 1.53 bits per heavy atom. The predicted octanol–water partition coefficient (Wildman–Crippen LogP) is 2.38. The quantitative estimate of drug-likeness (QED) is 0.464. The molecule has 0 aromatic heterocycles. The Balaban J connectivity index is 1.87. The summed E-state index contributed by atoms with van der Waals surface area (Å²) in [6.45, 7) is 3.12. The smallest absolute Gasteiger partial charge is 0.308 e. The van der Waals surface area contributed by atoms with Gasteiger partial charge in [-0.25, -0.2) is 8.42 Å². The van der Waals surface area contributed by atoms with Crippen molar-refractivity contribution in [1.82, 2.24) is 5.32 Å². The van der Waals surface area contributed by atoms with Gasteiger partial charge in [-0.1, -0.05) is 18.2 Å². The Bertz CT molecular complexity index is 1000. The number of Topliss-reactive ketones (excluding diaryl/α,β-unsaturated/α-hetero) is 1. The third kappa shape index (κ3) is 7.32. The van der Waals surface area contributed by atoms with Crippen LogP contribution in [0, 0.1) is 0 Å². The lowest BCUT2D eigenvalue weighted by Gasteiger charge is -2.16. The Hall–Kier alpha value is -3.20. The minimum Gasteiger partial charge on any atom is -0.454 e. The van der Waals surface area contributed by atoms with Crippen molar-refractivity contribution in [3.63, 3.8) is 0 Å². The summed E-state index contributed by atoms with van der Waals surface area (Å²) in [7, 11) is -3.41. The average Bonchev–Trinajstić information content (AvgIpc) is 2.67. The maximum absolute atomic E-state index is 12.4. The van der Waals surface area contributed by atoms with Crippen molar-refractivity contribution in [3.8, 4) is 0 Å². The number of amides is 1. The van der Waals surface area contributed by atoms with E-state index in [2.05, 4.69) is 10.0 Å². The number of hydrogen-bond donors (Lipinski definition) is 2. The first-order valence-corrected chi connectivity index (χ1v) is 11.1. The normalized spacial score (nSPS) is 13.0. The maximum atomic E-state index is 12.4. The first-order valence-electron chi connectivity index (χ1n) is 9.22. The summed E-state index contributed by atoms with van der Waals surface area (Å²) in [5.74, 6) is -1.34. The van der Waals surface area contributed by atoms with Crippen LogP contribution in [0.4, 0.5) is 5.69 Å². The largest absolute Gasteiger partial charge is 0.454 e. The van der Waals surface area contributed by atoms with Crippen LogP contribution in [0.25, 0.3) is 0 Å². The van der Waals surface area contributed by atoms with Crippen molar-refractivity contribution >= 4 is 33.4 Å². The fraction of sp³-hybridized carbons (Fsp3) is 0.286.